The van der Waals surface area contributed by atoms with Crippen LogP contribution < -0.4 is 5.54 Å². The van der Waals surface area contributed by atoms with Gasteiger partial charge in [0.1, 0.15) is 6.20 Å². The van der Waals surface area contributed by atoms with Crippen LogP contribution in [0.2, 0.25) is 0 Å². The first-order chi connectivity index (χ1) is 3.91. The second kappa shape index (κ2) is 6.11. The van der Waals surface area contributed by atoms with Crippen molar-refractivity contribution in [2.75, 3.05) is 0 Å². The zero-order chi connectivity index (χ0) is 6.24. The largest absolute Gasteiger partial charge is 0.131 e. The molecule has 0 aliphatic heterocycles. The molecule has 0 rings (SSSR count). The lowest BCUT2D eigenvalue weighted by atomic mass is 10.5. The Balaban J connectivity index is 3.26. The molecule has 8 heavy (non-hydrogen) atoms. The van der Waals surface area contributed by atoms with E-state index in [2.05, 4.69) is 6.58 Å². The zero-order valence-corrected chi connectivity index (χ0v) is 4.55. The highest BCUT2D eigenvalue weighted by atomic mass is 19.2. The van der Waals surface area contributed by atoms with Gasteiger partial charge in [-0.25, -0.2) is 0 Å². The number of nitrogens with two attached hydrogens (primary N) is 1. The quantitative estimate of drug-likeness (QED) is 0.410. The first-order valence-corrected chi connectivity index (χ1v) is 2.29. The van der Waals surface area contributed by atoms with Crippen molar-refractivity contribution in [3.05, 3.63) is 37.1 Å². The molecule has 0 heterocycles. The molecule has 0 saturated heterocycles. The summed E-state index contributed by atoms with van der Waals surface area (Å²) in [6.45, 7) is 3.43. The summed E-state index contributed by atoms with van der Waals surface area (Å²) < 4.78 is 11.1. The molecule has 0 aromatic carbocycles. The molecule has 0 aliphatic carbocycles. The molecule has 0 unspecified atom stereocenters. The van der Waals surface area contributed by atoms with E-state index in [0.717, 1.165) is 0 Å². The van der Waals surface area contributed by atoms with Gasteiger partial charge in [0, 0.05) is 0 Å². The molecule has 44 valence electrons. The summed E-state index contributed by atoms with van der Waals surface area (Å²) in [5.41, 5.74) is 0.480. The monoisotopic (exact) mass is 114 g/mol. The van der Waals surface area contributed by atoms with E-state index in [9.17, 15) is 4.48 Å². The smallest absolute Gasteiger partial charge is 0.125 e. The van der Waals surface area contributed by atoms with Gasteiger partial charge in [0.2, 0.25) is 0 Å². The molecule has 2 heteroatoms. The van der Waals surface area contributed by atoms with Crippen LogP contribution in [0.5, 0.6) is 0 Å². The van der Waals surface area contributed by atoms with E-state index in [0.29, 0.717) is 5.54 Å². The number of hydrogen-bond donors (Lipinski definition) is 1. The molecule has 0 fully saturated rings. The zero-order valence-electron chi connectivity index (χ0n) is 4.55. The van der Waals surface area contributed by atoms with Crippen molar-refractivity contribution in [2.45, 2.75) is 0 Å². The van der Waals surface area contributed by atoms with E-state index < -0.39 is 0 Å². The van der Waals surface area contributed by atoms with Crippen molar-refractivity contribution in [3.8, 4) is 0 Å². The minimum Gasteiger partial charge on any atom is -0.125 e. The number of hydrogen-bond acceptors (Lipinski definition) is 0. The lowest BCUT2D eigenvalue weighted by molar-refractivity contribution is -0.772. The predicted molar refractivity (Wildman–Crippen MR) is 31.5 cm³/mol. The van der Waals surface area contributed by atoms with E-state index in [1.807, 2.05) is 0 Å². The van der Waals surface area contributed by atoms with E-state index in [1.165, 1.54) is 6.20 Å². The van der Waals surface area contributed by atoms with Gasteiger partial charge in [-0.05, 0) is 10.6 Å². The van der Waals surface area contributed by atoms with Crippen LogP contribution in [0.1, 0.15) is 0 Å². The Hall–Kier alpha value is -0.890. The summed E-state index contributed by atoms with van der Waals surface area (Å²) in [7, 11) is 0. The molecule has 2 N–H and O–H groups in total. The predicted octanol–water partition coefficient (Wildman–Crippen LogP) is 0.690. The first kappa shape index (κ1) is 7.11. The second-order valence-electron chi connectivity index (χ2n) is 1.13. The maximum atomic E-state index is 11.1. The van der Waals surface area contributed by atoms with Crippen molar-refractivity contribution < 1.29 is 10.0 Å². The third kappa shape index (κ3) is 5.11. The molecule has 0 radical (unpaired) electrons. The van der Waals surface area contributed by atoms with Gasteiger partial charge in [0.15, 0.2) is 0 Å². The third-order valence-electron chi connectivity index (χ3n) is 0.542. The number of quaternary nitrogens is 1. The van der Waals surface area contributed by atoms with E-state index in [1.54, 1.807) is 24.3 Å². The van der Waals surface area contributed by atoms with Crippen LogP contribution >= 0.6 is 0 Å². The minimum absolute atomic E-state index is 0.480. The van der Waals surface area contributed by atoms with Gasteiger partial charge >= 0.3 is 0 Å². The van der Waals surface area contributed by atoms with Crippen molar-refractivity contribution in [1.29, 1.82) is 0 Å². The van der Waals surface area contributed by atoms with Crippen LogP contribution in [-0.4, -0.2) is 0 Å². The third-order valence-corrected chi connectivity index (χ3v) is 0.542. The summed E-state index contributed by atoms with van der Waals surface area (Å²) in [5.74, 6) is 0. The summed E-state index contributed by atoms with van der Waals surface area (Å²) in [6.07, 6.45) is 7.94. The van der Waals surface area contributed by atoms with Crippen LogP contribution in [0.25, 0.3) is 0 Å². The fourth-order valence-electron chi connectivity index (χ4n) is 0.249. The summed E-state index contributed by atoms with van der Waals surface area (Å²) >= 11 is 0. The molecule has 0 aliphatic rings. The fraction of sp³-hybridized carbons (Fsp3) is 0. The maximum absolute atomic E-state index is 11.1. The van der Waals surface area contributed by atoms with Gasteiger partial charge in [-0.2, -0.15) is 0 Å². The lowest BCUT2D eigenvalue weighted by Crippen LogP contribution is -2.66. The molecular formula is C6H9FN+. The molecule has 0 atom stereocenters. The normalized spacial score (nSPS) is 11.1. The molecule has 0 saturated carbocycles. The van der Waals surface area contributed by atoms with Crippen LogP contribution in [0.15, 0.2) is 37.1 Å². The summed E-state index contributed by atoms with van der Waals surface area (Å²) in [6, 6.07) is 0. The average molecular weight is 114 g/mol. The molecule has 0 spiro atoms. The van der Waals surface area contributed by atoms with Crippen LogP contribution in [0.3, 0.4) is 0 Å². The maximum Gasteiger partial charge on any atom is 0.131 e. The van der Waals surface area contributed by atoms with Gasteiger partial charge in [0.25, 0.3) is 0 Å². The molecule has 0 amide bonds. The number of allylic oxidation sites excluding steroid dienone is 4. The van der Waals surface area contributed by atoms with Gasteiger partial charge in [0.05, 0.1) is 0 Å². The Bertz CT molecular complexity index is 105. The van der Waals surface area contributed by atoms with Crippen LogP contribution in [0.4, 0.5) is 4.48 Å². The Labute approximate surface area is 48.1 Å². The van der Waals surface area contributed by atoms with Crippen molar-refractivity contribution >= 4 is 0 Å². The van der Waals surface area contributed by atoms with Gasteiger partial charge in [-0.15, -0.1) is 5.54 Å². The van der Waals surface area contributed by atoms with E-state index in [-0.39, 0.29) is 0 Å². The second-order valence-corrected chi connectivity index (χ2v) is 1.13. The number of halogens is 1. The van der Waals surface area contributed by atoms with Crippen molar-refractivity contribution in [2.24, 2.45) is 0 Å². The highest BCUT2D eigenvalue weighted by Crippen LogP contribution is 1.71. The molecule has 1 nitrogen and oxygen atoms in total. The van der Waals surface area contributed by atoms with Crippen molar-refractivity contribution in [3.63, 3.8) is 0 Å². The highest BCUT2D eigenvalue weighted by Gasteiger charge is 1.64. The minimum atomic E-state index is 0.480. The first-order valence-electron chi connectivity index (χ1n) is 2.29. The lowest BCUT2D eigenvalue weighted by Gasteiger charge is -1.67. The molecular weight excluding hydrogens is 105 g/mol. The van der Waals surface area contributed by atoms with Gasteiger partial charge in [-0.1, -0.05) is 24.8 Å². The summed E-state index contributed by atoms with van der Waals surface area (Å²) in [5, 5.41) is 0. The Morgan fingerprint density at radius 3 is 2.50 bits per heavy atom. The van der Waals surface area contributed by atoms with Crippen LogP contribution in [-0.2, 0) is 0 Å². The number of rotatable bonds is 3. The van der Waals surface area contributed by atoms with Crippen LogP contribution in [0, 0.1) is 0 Å². The molecule has 0 aromatic rings. The van der Waals surface area contributed by atoms with Gasteiger partial charge in [-0.3, -0.25) is 0 Å². The molecule has 0 aromatic heterocycles. The average Bonchev–Trinajstić information content (AvgIpc) is 1.81. The Morgan fingerprint density at radius 1 is 1.25 bits per heavy atom. The van der Waals surface area contributed by atoms with E-state index >= 15 is 0 Å². The Kier molecular flexibility index (Phi) is 5.43. The standard InChI is InChI=1S/C6H8FN/c1-2-3-4-5-6-8-7/h2-6,8H,1H2/p+1. The Morgan fingerprint density at radius 2 is 2.00 bits per heavy atom. The molecule has 0 bridgehead atoms. The summed E-state index contributed by atoms with van der Waals surface area (Å²) in [4.78, 5) is 0. The SMILES string of the molecule is C=CC=CC=C[NH2+]F. The topological polar surface area (TPSA) is 16.6 Å². The van der Waals surface area contributed by atoms with Gasteiger partial charge < -0.3 is 0 Å². The fourth-order valence-corrected chi connectivity index (χ4v) is 0.249. The van der Waals surface area contributed by atoms with Crippen molar-refractivity contribution in [1.82, 2.24) is 0 Å². The van der Waals surface area contributed by atoms with E-state index in [4.69, 9.17) is 0 Å². The highest BCUT2D eigenvalue weighted by molar-refractivity contribution is 5.06.